The third-order valence-corrected chi connectivity index (χ3v) is 6.56. The summed E-state index contributed by atoms with van der Waals surface area (Å²) >= 11 is 0. The Hall–Kier alpha value is -3.65. The highest BCUT2D eigenvalue weighted by atomic mass is 32.2. The first kappa shape index (κ1) is 21.6. The van der Waals surface area contributed by atoms with Gasteiger partial charge in [0.05, 0.1) is 12.0 Å². The Balaban J connectivity index is 1.74. The van der Waals surface area contributed by atoms with Crippen LogP contribution in [0.4, 0.5) is 10.3 Å². The lowest BCUT2D eigenvalue weighted by Crippen LogP contribution is -2.07. The maximum Gasteiger partial charge on any atom is 0.234 e. The van der Waals surface area contributed by atoms with E-state index in [9.17, 15) is 12.8 Å². The summed E-state index contributed by atoms with van der Waals surface area (Å²) < 4.78 is 50.9. The van der Waals surface area contributed by atoms with Gasteiger partial charge in [0.15, 0.2) is 0 Å². The van der Waals surface area contributed by atoms with E-state index < -0.39 is 15.7 Å². The van der Waals surface area contributed by atoms with Gasteiger partial charge >= 0.3 is 0 Å². The summed E-state index contributed by atoms with van der Waals surface area (Å²) in [6, 6.07) is 19.3. The second kappa shape index (κ2) is 8.84. The van der Waals surface area contributed by atoms with Gasteiger partial charge in [0, 0.05) is 12.1 Å². The van der Waals surface area contributed by atoms with E-state index in [1.807, 2.05) is 31.2 Å². The van der Waals surface area contributed by atoms with Crippen LogP contribution in [0.15, 0.2) is 87.1 Å². The summed E-state index contributed by atoms with van der Waals surface area (Å²) in [5.41, 5.74) is 2.66. The molecule has 0 amide bonds. The molecule has 6 nitrogen and oxygen atoms in total. The normalized spacial score (nSPS) is 11.3. The number of sulfone groups is 1. The standard InChI is InChI=1S/C24H21FN2O4S/c1-16-3-5-17(6-4-16)15-26-23-24(32(28,29)21-13-9-19(25)10-14-21)27-22(31-23)18-7-11-20(30-2)12-8-18/h3-14,26H,15H2,1-2H3. The van der Waals surface area contributed by atoms with Gasteiger partial charge in [0.25, 0.3) is 0 Å². The topological polar surface area (TPSA) is 81.4 Å². The Morgan fingerprint density at radius 1 is 0.969 bits per heavy atom. The van der Waals surface area contributed by atoms with Crippen LogP contribution >= 0.6 is 0 Å². The van der Waals surface area contributed by atoms with E-state index in [0.717, 1.165) is 23.3 Å². The van der Waals surface area contributed by atoms with E-state index in [2.05, 4.69) is 10.3 Å². The van der Waals surface area contributed by atoms with Crippen LogP contribution < -0.4 is 10.1 Å². The third kappa shape index (κ3) is 4.50. The molecule has 4 rings (SSSR count). The molecule has 0 fully saturated rings. The highest BCUT2D eigenvalue weighted by Crippen LogP contribution is 2.33. The van der Waals surface area contributed by atoms with Crippen molar-refractivity contribution in [1.82, 2.24) is 4.98 Å². The van der Waals surface area contributed by atoms with Crippen LogP contribution in [0.3, 0.4) is 0 Å². The van der Waals surface area contributed by atoms with E-state index in [1.165, 1.54) is 12.1 Å². The molecule has 1 aromatic heterocycles. The minimum Gasteiger partial charge on any atom is -0.497 e. The Kier molecular flexibility index (Phi) is 5.96. The SMILES string of the molecule is COc1ccc(-c2nc(S(=O)(=O)c3ccc(F)cc3)c(NCc3ccc(C)cc3)o2)cc1. The second-order valence-corrected chi connectivity index (χ2v) is 9.04. The predicted molar refractivity (Wildman–Crippen MR) is 119 cm³/mol. The molecule has 8 heteroatoms. The number of anilines is 1. The Bertz CT molecular complexity index is 1310. The number of aryl methyl sites for hydroxylation is 1. The zero-order chi connectivity index (χ0) is 22.7. The number of hydrogen-bond acceptors (Lipinski definition) is 6. The van der Waals surface area contributed by atoms with Crippen molar-refractivity contribution < 1.29 is 22.0 Å². The molecule has 0 saturated heterocycles. The molecule has 0 saturated carbocycles. The molecular weight excluding hydrogens is 431 g/mol. The first-order valence-corrected chi connectivity index (χ1v) is 11.3. The summed E-state index contributed by atoms with van der Waals surface area (Å²) in [6.07, 6.45) is 0. The van der Waals surface area contributed by atoms with Crippen LogP contribution in [0.5, 0.6) is 5.75 Å². The molecule has 3 aromatic carbocycles. The van der Waals surface area contributed by atoms with Gasteiger partial charge in [-0.15, -0.1) is 0 Å². The number of halogens is 1. The van der Waals surface area contributed by atoms with Gasteiger partial charge in [0.2, 0.25) is 26.6 Å². The molecule has 1 heterocycles. The number of nitrogens with one attached hydrogen (secondary N) is 1. The minimum absolute atomic E-state index is 0.0146. The van der Waals surface area contributed by atoms with Crippen molar-refractivity contribution in [2.75, 3.05) is 12.4 Å². The van der Waals surface area contributed by atoms with Gasteiger partial charge in [-0.3, -0.25) is 0 Å². The largest absolute Gasteiger partial charge is 0.497 e. The molecule has 164 valence electrons. The lowest BCUT2D eigenvalue weighted by atomic mass is 10.1. The summed E-state index contributed by atoms with van der Waals surface area (Å²) in [6.45, 7) is 2.33. The highest BCUT2D eigenvalue weighted by Gasteiger charge is 2.28. The number of methoxy groups -OCH3 is 1. The molecule has 0 spiro atoms. The molecule has 0 bridgehead atoms. The van der Waals surface area contributed by atoms with Crippen molar-refractivity contribution in [3.05, 3.63) is 89.7 Å². The molecule has 0 unspecified atom stereocenters. The lowest BCUT2D eigenvalue weighted by Gasteiger charge is -2.07. The number of ether oxygens (including phenoxy) is 1. The fraction of sp³-hybridized carbons (Fsp3) is 0.125. The number of rotatable bonds is 7. The highest BCUT2D eigenvalue weighted by molar-refractivity contribution is 7.91. The van der Waals surface area contributed by atoms with Gasteiger partial charge in [-0.25, -0.2) is 12.8 Å². The quantitative estimate of drug-likeness (QED) is 0.386. The fourth-order valence-electron chi connectivity index (χ4n) is 3.07. The molecule has 0 aliphatic heterocycles. The van der Waals surface area contributed by atoms with Gasteiger partial charge in [-0.05, 0) is 61.0 Å². The van der Waals surface area contributed by atoms with Gasteiger partial charge in [-0.1, -0.05) is 29.8 Å². The molecule has 4 aromatic rings. The summed E-state index contributed by atoms with van der Waals surface area (Å²) in [5.74, 6) is 0.276. The van der Waals surface area contributed by atoms with E-state index in [4.69, 9.17) is 9.15 Å². The van der Waals surface area contributed by atoms with Gasteiger partial charge in [-0.2, -0.15) is 4.98 Å². The van der Waals surface area contributed by atoms with Gasteiger partial charge < -0.3 is 14.5 Å². The van der Waals surface area contributed by atoms with E-state index in [1.54, 1.807) is 31.4 Å². The molecule has 0 aliphatic rings. The van der Waals surface area contributed by atoms with Gasteiger partial charge in [0.1, 0.15) is 11.6 Å². The average molecular weight is 453 g/mol. The Morgan fingerprint density at radius 2 is 1.62 bits per heavy atom. The summed E-state index contributed by atoms with van der Waals surface area (Å²) in [5, 5.41) is 2.78. The van der Waals surface area contributed by atoms with E-state index >= 15 is 0 Å². The minimum atomic E-state index is -4.06. The smallest absolute Gasteiger partial charge is 0.234 e. The van der Waals surface area contributed by atoms with E-state index in [0.29, 0.717) is 17.9 Å². The van der Waals surface area contributed by atoms with Crippen molar-refractivity contribution in [2.45, 2.75) is 23.4 Å². The molecule has 32 heavy (non-hydrogen) atoms. The van der Waals surface area contributed by atoms with Crippen LogP contribution in [0, 0.1) is 12.7 Å². The Labute approximate surface area is 185 Å². The van der Waals surface area contributed by atoms with Crippen molar-refractivity contribution >= 4 is 15.7 Å². The molecule has 0 aliphatic carbocycles. The number of nitrogens with zero attached hydrogens (tertiary/aromatic N) is 1. The maximum absolute atomic E-state index is 13.3. The van der Waals surface area contributed by atoms with Crippen LogP contribution in [-0.2, 0) is 16.4 Å². The van der Waals surface area contributed by atoms with Crippen LogP contribution in [-0.4, -0.2) is 20.5 Å². The molecule has 0 radical (unpaired) electrons. The molecular formula is C24H21FN2O4S. The number of benzene rings is 3. The average Bonchev–Trinajstić information content (AvgIpc) is 3.24. The zero-order valence-electron chi connectivity index (χ0n) is 17.5. The number of aromatic nitrogens is 1. The van der Waals surface area contributed by atoms with Crippen LogP contribution in [0.25, 0.3) is 11.5 Å². The van der Waals surface area contributed by atoms with Crippen molar-refractivity contribution in [3.63, 3.8) is 0 Å². The van der Waals surface area contributed by atoms with Crippen LogP contribution in [0.1, 0.15) is 11.1 Å². The van der Waals surface area contributed by atoms with E-state index in [-0.39, 0.29) is 21.7 Å². The summed E-state index contributed by atoms with van der Waals surface area (Å²) in [7, 11) is -2.50. The zero-order valence-corrected chi connectivity index (χ0v) is 18.3. The number of oxazole rings is 1. The Morgan fingerprint density at radius 3 is 2.25 bits per heavy atom. The summed E-state index contributed by atoms with van der Waals surface area (Å²) in [4.78, 5) is 4.20. The third-order valence-electron chi connectivity index (χ3n) is 4.89. The fourth-order valence-corrected chi connectivity index (χ4v) is 4.35. The molecule has 1 N–H and O–H groups in total. The number of hydrogen-bond donors (Lipinski definition) is 1. The van der Waals surface area contributed by atoms with Crippen molar-refractivity contribution in [2.24, 2.45) is 0 Å². The maximum atomic E-state index is 13.3. The lowest BCUT2D eigenvalue weighted by molar-refractivity contribution is 0.415. The van der Waals surface area contributed by atoms with Crippen molar-refractivity contribution in [3.8, 4) is 17.2 Å². The first-order chi connectivity index (χ1) is 15.4. The second-order valence-electron chi connectivity index (χ2n) is 7.18. The van der Waals surface area contributed by atoms with Crippen molar-refractivity contribution in [1.29, 1.82) is 0 Å². The predicted octanol–water partition coefficient (Wildman–Crippen LogP) is 5.24. The first-order valence-electron chi connectivity index (χ1n) is 9.82. The van der Waals surface area contributed by atoms with Crippen LogP contribution in [0.2, 0.25) is 0 Å². The molecule has 0 atom stereocenters. The monoisotopic (exact) mass is 452 g/mol.